The van der Waals surface area contributed by atoms with Gasteiger partial charge in [0.05, 0.1) is 0 Å². The van der Waals surface area contributed by atoms with Gasteiger partial charge >= 0.3 is 0 Å². The fourth-order valence-corrected chi connectivity index (χ4v) is 3.57. The van der Waals surface area contributed by atoms with E-state index in [0.717, 1.165) is 42.6 Å². The highest BCUT2D eigenvalue weighted by Gasteiger charge is 2.03. The fourth-order valence-electron chi connectivity index (χ4n) is 2.90. The van der Waals surface area contributed by atoms with Crippen molar-refractivity contribution >= 4 is 23.6 Å². The van der Waals surface area contributed by atoms with Gasteiger partial charge in [-0.2, -0.15) is 0 Å². The van der Waals surface area contributed by atoms with Crippen LogP contribution in [0.1, 0.15) is 60.7 Å². The highest BCUT2D eigenvalue weighted by molar-refractivity contribution is 7.99. The Morgan fingerprint density at radius 2 is 1.52 bits per heavy atom. The Labute approximate surface area is 156 Å². The second-order valence-corrected chi connectivity index (χ2v) is 7.58. The van der Waals surface area contributed by atoms with E-state index >= 15 is 0 Å². The van der Waals surface area contributed by atoms with Crippen LogP contribution >= 0.6 is 11.8 Å². The van der Waals surface area contributed by atoms with Gasteiger partial charge in [-0.05, 0) is 65.6 Å². The van der Waals surface area contributed by atoms with Crippen LogP contribution < -0.4 is 0 Å². The third-order valence-electron chi connectivity index (χ3n) is 4.03. The minimum atomic E-state index is 0.0611. The second-order valence-electron chi connectivity index (χ2n) is 6.24. The average Bonchev–Trinajstić information content (AvgIpc) is 2.61. The number of hydrogen-bond acceptors (Lipinski definition) is 2. The van der Waals surface area contributed by atoms with Crippen molar-refractivity contribution in [3.05, 3.63) is 70.8 Å². The lowest BCUT2D eigenvalue weighted by atomic mass is 9.99. The summed E-state index contributed by atoms with van der Waals surface area (Å²) < 4.78 is 0. The molecule has 0 bridgehead atoms. The van der Waals surface area contributed by atoms with E-state index in [1.165, 1.54) is 16.0 Å². The van der Waals surface area contributed by atoms with Gasteiger partial charge in [0, 0.05) is 10.5 Å². The van der Waals surface area contributed by atoms with E-state index in [1.54, 1.807) is 17.8 Å². The smallest absolute Gasteiger partial charge is 0.185 e. The lowest BCUT2D eigenvalue weighted by Crippen LogP contribution is -1.94. The van der Waals surface area contributed by atoms with Gasteiger partial charge in [0.25, 0.3) is 0 Å². The SMILES string of the molecule is CCCc1cc(C=CC(=O)c2ccc(SCC)cc2)cc(CCC)c1. The molecule has 0 aliphatic rings. The molecule has 0 atom stereocenters. The maximum absolute atomic E-state index is 12.4. The van der Waals surface area contributed by atoms with Gasteiger partial charge in [-0.25, -0.2) is 0 Å². The first-order valence-corrected chi connectivity index (χ1v) is 10.2. The molecule has 2 aromatic carbocycles. The van der Waals surface area contributed by atoms with Crippen molar-refractivity contribution in [2.45, 2.75) is 51.3 Å². The molecule has 2 rings (SSSR count). The predicted molar refractivity (Wildman–Crippen MR) is 111 cm³/mol. The number of rotatable bonds is 9. The van der Waals surface area contributed by atoms with Crippen LogP contribution in [0.3, 0.4) is 0 Å². The van der Waals surface area contributed by atoms with Crippen LogP contribution in [-0.2, 0) is 12.8 Å². The monoisotopic (exact) mass is 352 g/mol. The van der Waals surface area contributed by atoms with Crippen LogP contribution in [0.5, 0.6) is 0 Å². The summed E-state index contributed by atoms with van der Waals surface area (Å²) in [5.74, 6) is 1.10. The molecular weight excluding hydrogens is 324 g/mol. The lowest BCUT2D eigenvalue weighted by molar-refractivity contribution is 0.104. The Hall–Kier alpha value is -1.80. The zero-order valence-corrected chi connectivity index (χ0v) is 16.4. The van der Waals surface area contributed by atoms with E-state index in [2.05, 4.69) is 39.0 Å². The van der Waals surface area contributed by atoms with Gasteiger partial charge in [0.15, 0.2) is 5.78 Å². The molecule has 0 radical (unpaired) electrons. The molecule has 1 nitrogen and oxygen atoms in total. The molecule has 2 aromatic rings. The molecule has 0 unspecified atom stereocenters. The second kappa shape index (κ2) is 10.2. The highest BCUT2D eigenvalue weighted by atomic mass is 32.2. The summed E-state index contributed by atoms with van der Waals surface area (Å²) >= 11 is 1.79. The zero-order valence-electron chi connectivity index (χ0n) is 15.5. The minimum Gasteiger partial charge on any atom is -0.289 e. The molecule has 0 aliphatic carbocycles. The van der Waals surface area contributed by atoms with E-state index in [9.17, 15) is 4.79 Å². The molecule has 0 aromatic heterocycles. The van der Waals surface area contributed by atoms with E-state index in [4.69, 9.17) is 0 Å². The van der Waals surface area contributed by atoms with Crippen molar-refractivity contribution in [3.8, 4) is 0 Å². The molecule has 0 aliphatic heterocycles. The molecule has 132 valence electrons. The summed E-state index contributed by atoms with van der Waals surface area (Å²) in [7, 11) is 0. The molecular formula is C23H28OS. The molecule has 0 fully saturated rings. The molecule has 2 heteroatoms. The number of hydrogen-bond donors (Lipinski definition) is 0. The fraction of sp³-hybridized carbons (Fsp3) is 0.348. The van der Waals surface area contributed by atoms with Gasteiger partial charge in [-0.15, -0.1) is 11.8 Å². The number of allylic oxidation sites excluding steroid dienone is 1. The van der Waals surface area contributed by atoms with Crippen molar-refractivity contribution in [2.24, 2.45) is 0 Å². The first-order valence-electron chi connectivity index (χ1n) is 9.24. The number of ketones is 1. The molecule has 0 spiro atoms. The van der Waals surface area contributed by atoms with Gasteiger partial charge in [-0.1, -0.05) is 57.9 Å². The van der Waals surface area contributed by atoms with Gasteiger partial charge in [-0.3, -0.25) is 4.79 Å². The molecule has 0 saturated carbocycles. The molecule has 0 N–H and O–H groups in total. The molecule has 0 heterocycles. The number of aryl methyl sites for hydroxylation is 2. The van der Waals surface area contributed by atoms with E-state index in [-0.39, 0.29) is 5.78 Å². The van der Waals surface area contributed by atoms with Gasteiger partial charge in [0.1, 0.15) is 0 Å². The first-order chi connectivity index (χ1) is 12.2. The normalized spacial score (nSPS) is 11.2. The molecule has 0 amide bonds. The number of carbonyl (C=O) groups is 1. The predicted octanol–water partition coefficient (Wildman–Crippen LogP) is 6.60. The van der Waals surface area contributed by atoms with Crippen molar-refractivity contribution in [2.75, 3.05) is 5.75 Å². The van der Waals surface area contributed by atoms with Crippen molar-refractivity contribution in [3.63, 3.8) is 0 Å². The summed E-state index contributed by atoms with van der Waals surface area (Å²) in [6.07, 6.45) is 8.10. The van der Waals surface area contributed by atoms with Crippen LogP contribution in [-0.4, -0.2) is 11.5 Å². The topological polar surface area (TPSA) is 17.1 Å². The number of thioether (sulfide) groups is 1. The van der Waals surface area contributed by atoms with Crippen molar-refractivity contribution in [1.82, 2.24) is 0 Å². The van der Waals surface area contributed by atoms with Crippen LogP contribution in [0.15, 0.2) is 53.4 Å². The first kappa shape index (κ1) is 19.5. The third-order valence-corrected chi connectivity index (χ3v) is 4.92. The lowest BCUT2D eigenvalue weighted by Gasteiger charge is -2.06. The van der Waals surface area contributed by atoms with Crippen molar-refractivity contribution in [1.29, 1.82) is 0 Å². The van der Waals surface area contributed by atoms with Crippen LogP contribution in [0, 0.1) is 0 Å². The van der Waals surface area contributed by atoms with Crippen LogP contribution in [0.4, 0.5) is 0 Å². The Bertz CT molecular complexity index is 689. The number of carbonyl (C=O) groups excluding carboxylic acids is 1. The summed E-state index contributed by atoms with van der Waals surface area (Å²) in [6.45, 7) is 6.53. The Kier molecular flexibility index (Phi) is 8.00. The Morgan fingerprint density at radius 3 is 2.04 bits per heavy atom. The maximum Gasteiger partial charge on any atom is 0.185 e. The van der Waals surface area contributed by atoms with Gasteiger partial charge in [0.2, 0.25) is 0 Å². The summed E-state index contributed by atoms with van der Waals surface area (Å²) in [5.41, 5.74) is 4.60. The van der Waals surface area contributed by atoms with Gasteiger partial charge < -0.3 is 0 Å². The molecule has 0 saturated heterocycles. The van der Waals surface area contributed by atoms with E-state index in [0.29, 0.717) is 0 Å². The number of benzene rings is 2. The standard InChI is InChI=1S/C23H28OS/c1-4-7-18-15-19(8-5-2)17-20(16-18)9-14-23(24)21-10-12-22(13-11-21)25-6-3/h9-17H,4-8H2,1-3H3. The largest absolute Gasteiger partial charge is 0.289 e. The third kappa shape index (κ3) is 6.21. The highest BCUT2D eigenvalue weighted by Crippen LogP contribution is 2.19. The van der Waals surface area contributed by atoms with E-state index in [1.807, 2.05) is 30.3 Å². The molecule has 25 heavy (non-hydrogen) atoms. The zero-order chi connectivity index (χ0) is 18.1. The van der Waals surface area contributed by atoms with E-state index < -0.39 is 0 Å². The Balaban J connectivity index is 2.14. The summed E-state index contributed by atoms with van der Waals surface area (Å²) in [5, 5.41) is 0. The quantitative estimate of drug-likeness (QED) is 0.287. The van der Waals surface area contributed by atoms with Crippen LogP contribution in [0.25, 0.3) is 6.08 Å². The minimum absolute atomic E-state index is 0.0611. The summed E-state index contributed by atoms with van der Waals surface area (Å²) in [4.78, 5) is 13.6. The van der Waals surface area contributed by atoms with Crippen LogP contribution in [0.2, 0.25) is 0 Å². The maximum atomic E-state index is 12.4. The Morgan fingerprint density at radius 1 is 0.920 bits per heavy atom. The summed E-state index contributed by atoms with van der Waals surface area (Å²) in [6, 6.07) is 14.6. The van der Waals surface area contributed by atoms with Crippen molar-refractivity contribution < 1.29 is 4.79 Å². The average molecular weight is 353 g/mol.